The predicted octanol–water partition coefficient (Wildman–Crippen LogP) is 3.70. The normalized spacial score (nSPS) is 12.1. The number of amides is 2. The maximum atomic E-state index is 13.9. The Labute approximate surface area is 213 Å². The summed E-state index contributed by atoms with van der Waals surface area (Å²) < 4.78 is 80.1. The molecule has 14 heteroatoms. The zero-order valence-corrected chi connectivity index (χ0v) is 20.6. The van der Waals surface area contributed by atoms with Gasteiger partial charge >= 0.3 is 6.18 Å². The summed E-state index contributed by atoms with van der Waals surface area (Å²) in [6.45, 7) is 1.07. The van der Waals surface area contributed by atoms with Crippen LogP contribution in [0.1, 0.15) is 37.8 Å². The van der Waals surface area contributed by atoms with Crippen molar-refractivity contribution in [1.29, 1.82) is 0 Å². The van der Waals surface area contributed by atoms with Gasteiger partial charge < -0.3 is 11.1 Å². The van der Waals surface area contributed by atoms with E-state index >= 15 is 0 Å². The molecule has 2 aromatic heterocycles. The van der Waals surface area contributed by atoms with E-state index < -0.39 is 45.0 Å². The summed E-state index contributed by atoms with van der Waals surface area (Å²) in [5.74, 6) is -2.78. The Hall–Kier alpha value is -4.33. The summed E-state index contributed by atoms with van der Waals surface area (Å²) in [7, 11) is -3.56. The highest BCUT2D eigenvalue weighted by Gasteiger charge is 2.39. The molecule has 3 N–H and O–H groups in total. The number of carbonyl (C=O) groups is 2. The number of pyridine rings is 1. The van der Waals surface area contributed by atoms with Gasteiger partial charge in [0, 0.05) is 17.7 Å². The number of benzene rings is 2. The molecule has 4 aromatic rings. The van der Waals surface area contributed by atoms with Crippen molar-refractivity contribution in [3.05, 3.63) is 82.6 Å². The summed E-state index contributed by atoms with van der Waals surface area (Å²) in [6.07, 6.45) is -3.96. The van der Waals surface area contributed by atoms with Crippen LogP contribution in [0, 0.1) is 12.7 Å². The quantitative estimate of drug-likeness (QED) is 0.352. The van der Waals surface area contributed by atoms with E-state index in [1.54, 1.807) is 0 Å². The lowest BCUT2D eigenvalue weighted by Crippen LogP contribution is -2.19. The number of sulfone groups is 1. The standard InChI is InChI=1S/C24H19F4N5O4S/c1-12-20(31-23(35)17-10-19(22(29)34)30-18-9-14(25)6-7-16(17)18)21(24(26,27)28)32-33(12)11-13-4-3-5-15(8-13)38(2,36)37/h3-10H,11H2,1-2H3,(H2,29,34)(H,31,35). The minimum atomic E-state index is -4.96. The van der Waals surface area contributed by atoms with Crippen LogP contribution in [0.3, 0.4) is 0 Å². The second-order valence-corrected chi connectivity index (χ2v) is 10.4. The molecule has 0 saturated carbocycles. The SMILES string of the molecule is Cc1c(NC(=O)c2cc(C(N)=O)nc3cc(F)ccc23)c(C(F)(F)F)nn1Cc1cccc(S(C)(=O)=O)c1. The minimum absolute atomic E-state index is 0.0179. The Morgan fingerprint density at radius 2 is 1.82 bits per heavy atom. The van der Waals surface area contributed by atoms with Crippen LogP contribution in [0.5, 0.6) is 0 Å². The number of primary amides is 1. The number of nitrogens with one attached hydrogen (secondary N) is 1. The monoisotopic (exact) mass is 549 g/mol. The molecular weight excluding hydrogens is 530 g/mol. The smallest absolute Gasteiger partial charge is 0.364 e. The number of carbonyl (C=O) groups excluding carboxylic acids is 2. The van der Waals surface area contributed by atoms with Gasteiger partial charge in [0.25, 0.3) is 11.8 Å². The highest BCUT2D eigenvalue weighted by atomic mass is 32.2. The summed E-state index contributed by atoms with van der Waals surface area (Å²) in [5.41, 5.74) is 2.77. The molecule has 2 aromatic carbocycles. The molecule has 2 heterocycles. The summed E-state index contributed by atoms with van der Waals surface area (Å²) >= 11 is 0. The van der Waals surface area contributed by atoms with Gasteiger partial charge in [0.1, 0.15) is 11.5 Å². The maximum absolute atomic E-state index is 13.9. The molecule has 38 heavy (non-hydrogen) atoms. The summed E-state index contributed by atoms with van der Waals surface area (Å²) in [4.78, 5) is 28.8. The number of nitrogens with two attached hydrogens (primary N) is 1. The van der Waals surface area contributed by atoms with Crippen molar-refractivity contribution in [1.82, 2.24) is 14.8 Å². The summed E-state index contributed by atoms with van der Waals surface area (Å²) in [5, 5.41) is 5.90. The second-order valence-electron chi connectivity index (χ2n) is 8.42. The third-order valence-corrected chi connectivity index (χ3v) is 6.75. The highest BCUT2D eigenvalue weighted by Crippen LogP contribution is 2.36. The zero-order valence-electron chi connectivity index (χ0n) is 19.8. The van der Waals surface area contributed by atoms with E-state index in [9.17, 15) is 35.6 Å². The van der Waals surface area contributed by atoms with Crippen molar-refractivity contribution in [3.8, 4) is 0 Å². The van der Waals surface area contributed by atoms with Gasteiger partial charge in [-0.05, 0) is 42.8 Å². The van der Waals surface area contributed by atoms with E-state index in [1.165, 1.54) is 37.3 Å². The molecule has 0 atom stereocenters. The molecule has 0 saturated heterocycles. The largest absolute Gasteiger partial charge is 0.437 e. The fourth-order valence-electron chi connectivity index (χ4n) is 3.79. The molecule has 9 nitrogen and oxygen atoms in total. The van der Waals surface area contributed by atoms with E-state index in [0.717, 1.165) is 29.1 Å². The molecule has 0 bridgehead atoms. The number of nitrogens with zero attached hydrogens (tertiary/aromatic N) is 3. The lowest BCUT2D eigenvalue weighted by molar-refractivity contribution is -0.140. The molecule has 4 rings (SSSR count). The Morgan fingerprint density at radius 1 is 1.11 bits per heavy atom. The van der Waals surface area contributed by atoms with Crippen LogP contribution in [0.4, 0.5) is 23.2 Å². The van der Waals surface area contributed by atoms with Gasteiger partial charge in [-0.1, -0.05) is 12.1 Å². The molecule has 0 radical (unpaired) electrons. The third-order valence-electron chi connectivity index (χ3n) is 5.64. The number of hydrogen-bond donors (Lipinski definition) is 2. The van der Waals surface area contributed by atoms with Gasteiger partial charge in [-0.3, -0.25) is 14.3 Å². The average molecular weight is 550 g/mol. The number of anilines is 1. The Balaban J connectivity index is 1.78. The molecular formula is C24H19F4N5O4S. The maximum Gasteiger partial charge on any atom is 0.437 e. The highest BCUT2D eigenvalue weighted by molar-refractivity contribution is 7.90. The zero-order chi connectivity index (χ0) is 28.0. The molecule has 0 aliphatic carbocycles. The third kappa shape index (κ3) is 5.34. The molecule has 2 amide bonds. The number of halogens is 4. The first-order valence-corrected chi connectivity index (χ1v) is 12.7. The molecule has 0 spiro atoms. The van der Waals surface area contributed by atoms with Gasteiger partial charge in [-0.25, -0.2) is 17.8 Å². The second kappa shape index (κ2) is 9.52. The van der Waals surface area contributed by atoms with Gasteiger partial charge in [-0.15, -0.1) is 0 Å². The van der Waals surface area contributed by atoms with Crippen molar-refractivity contribution in [2.24, 2.45) is 5.73 Å². The minimum Gasteiger partial charge on any atom is -0.364 e. The van der Waals surface area contributed by atoms with E-state index in [2.05, 4.69) is 15.4 Å². The van der Waals surface area contributed by atoms with Crippen LogP contribution in [0.15, 0.2) is 53.4 Å². The molecule has 0 aliphatic heterocycles. The Morgan fingerprint density at radius 3 is 2.45 bits per heavy atom. The average Bonchev–Trinajstić information content (AvgIpc) is 3.13. The van der Waals surface area contributed by atoms with Crippen LogP contribution in [0.2, 0.25) is 0 Å². The van der Waals surface area contributed by atoms with Crippen LogP contribution in [-0.2, 0) is 22.6 Å². The summed E-state index contributed by atoms with van der Waals surface area (Å²) in [6, 6.07) is 9.82. The van der Waals surface area contributed by atoms with Crippen LogP contribution in [-0.4, -0.2) is 41.3 Å². The predicted molar refractivity (Wildman–Crippen MR) is 129 cm³/mol. The van der Waals surface area contributed by atoms with E-state index in [0.29, 0.717) is 5.56 Å². The topological polar surface area (TPSA) is 137 Å². The van der Waals surface area contributed by atoms with Crippen molar-refractivity contribution >= 4 is 38.2 Å². The van der Waals surface area contributed by atoms with Crippen LogP contribution >= 0.6 is 0 Å². The van der Waals surface area contributed by atoms with E-state index in [-0.39, 0.29) is 39.3 Å². The van der Waals surface area contributed by atoms with Crippen molar-refractivity contribution in [2.75, 3.05) is 11.6 Å². The molecule has 198 valence electrons. The molecule has 0 fully saturated rings. The van der Waals surface area contributed by atoms with Crippen molar-refractivity contribution in [3.63, 3.8) is 0 Å². The number of rotatable bonds is 6. The van der Waals surface area contributed by atoms with Crippen LogP contribution < -0.4 is 11.1 Å². The number of alkyl halides is 3. The van der Waals surface area contributed by atoms with Gasteiger partial charge in [-0.2, -0.15) is 18.3 Å². The molecule has 0 unspecified atom stereocenters. The number of fused-ring (bicyclic) bond motifs is 1. The van der Waals surface area contributed by atoms with E-state index in [4.69, 9.17) is 5.73 Å². The van der Waals surface area contributed by atoms with Gasteiger partial charge in [0.15, 0.2) is 15.5 Å². The lowest BCUT2D eigenvalue weighted by atomic mass is 10.1. The van der Waals surface area contributed by atoms with Gasteiger partial charge in [0.2, 0.25) is 0 Å². The van der Waals surface area contributed by atoms with Crippen LogP contribution in [0.25, 0.3) is 10.9 Å². The van der Waals surface area contributed by atoms with Gasteiger partial charge in [0.05, 0.1) is 33.9 Å². The Kier molecular flexibility index (Phi) is 6.69. The number of hydrogen-bond acceptors (Lipinski definition) is 6. The fourth-order valence-corrected chi connectivity index (χ4v) is 4.48. The fraction of sp³-hybridized carbons (Fsp3) is 0.167. The molecule has 0 aliphatic rings. The Bertz CT molecular complexity index is 1720. The first-order chi connectivity index (χ1) is 17.6. The van der Waals surface area contributed by atoms with Crippen molar-refractivity contribution in [2.45, 2.75) is 24.5 Å². The lowest BCUT2D eigenvalue weighted by Gasteiger charge is -2.12. The number of aromatic nitrogens is 3. The van der Waals surface area contributed by atoms with E-state index in [1.807, 2.05) is 0 Å². The first kappa shape index (κ1) is 26.7. The first-order valence-electron chi connectivity index (χ1n) is 10.8. The van der Waals surface area contributed by atoms with Crippen molar-refractivity contribution < 1.29 is 35.6 Å².